The van der Waals surface area contributed by atoms with Crippen LogP contribution in [-0.2, 0) is 17.8 Å². The van der Waals surface area contributed by atoms with E-state index in [0.29, 0.717) is 6.54 Å². The highest BCUT2D eigenvalue weighted by molar-refractivity contribution is 5.75. The number of nitrogens with zero attached hydrogens (tertiary/aromatic N) is 1. The Morgan fingerprint density at radius 3 is 3.07 bits per heavy atom. The van der Waals surface area contributed by atoms with Crippen LogP contribution in [0, 0.1) is 0 Å². The fraction of sp³-hybridized carbons (Fsp3) is 0.400. The van der Waals surface area contributed by atoms with Crippen LogP contribution < -0.4 is 11.1 Å². The molecule has 0 aromatic carbocycles. The third-order valence-corrected chi connectivity index (χ3v) is 1.96. The SMILES string of the molecule is CCc1cccnc1CNCC(N)=O. The molecule has 1 aromatic heterocycles. The van der Waals surface area contributed by atoms with Crippen LogP contribution in [0.4, 0.5) is 0 Å². The summed E-state index contributed by atoms with van der Waals surface area (Å²) in [5.41, 5.74) is 7.19. The molecule has 4 nitrogen and oxygen atoms in total. The van der Waals surface area contributed by atoms with Crippen molar-refractivity contribution in [2.75, 3.05) is 6.54 Å². The van der Waals surface area contributed by atoms with Gasteiger partial charge in [-0.15, -0.1) is 0 Å². The van der Waals surface area contributed by atoms with Gasteiger partial charge in [0, 0.05) is 12.7 Å². The molecule has 14 heavy (non-hydrogen) atoms. The Kier molecular flexibility index (Phi) is 4.07. The van der Waals surface area contributed by atoms with E-state index in [-0.39, 0.29) is 12.5 Å². The van der Waals surface area contributed by atoms with Crippen molar-refractivity contribution < 1.29 is 4.79 Å². The van der Waals surface area contributed by atoms with Crippen LogP contribution in [-0.4, -0.2) is 17.4 Å². The van der Waals surface area contributed by atoms with Crippen LogP contribution >= 0.6 is 0 Å². The summed E-state index contributed by atoms with van der Waals surface area (Å²) in [5, 5.41) is 2.94. The number of primary amides is 1. The van der Waals surface area contributed by atoms with Crippen molar-refractivity contribution in [1.82, 2.24) is 10.3 Å². The van der Waals surface area contributed by atoms with Crippen LogP contribution in [0.1, 0.15) is 18.2 Å². The summed E-state index contributed by atoms with van der Waals surface area (Å²) in [7, 11) is 0. The molecule has 0 fully saturated rings. The molecule has 0 spiro atoms. The van der Waals surface area contributed by atoms with Gasteiger partial charge >= 0.3 is 0 Å². The first kappa shape index (κ1) is 10.7. The number of hydrogen-bond acceptors (Lipinski definition) is 3. The summed E-state index contributed by atoms with van der Waals surface area (Å²) in [6.45, 7) is 2.86. The molecule has 0 saturated carbocycles. The van der Waals surface area contributed by atoms with E-state index in [2.05, 4.69) is 17.2 Å². The van der Waals surface area contributed by atoms with Crippen LogP contribution in [0.2, 0.25) is 0 Å². The molecule has 0 radical (unpaired) electrons. The average molecular weight is 193 g/mol. The van der Waals surface area contributed by atoms with Gasteiger partial charge < -0.3 is 11.1 Å². The number of aromatic nitrogens is 1. The highest BCUT2D eigenvalue weighted by Gasteiger charge is 2.01. The lowest BCUT2D eigenvalue weighted by Crippen LogP contribution is -2.28. The zero-order chi connectivity index (χ0) is 10.4. The quantitative estimate of drug-likeness (QED) is 0.703. The molecule has 76 valence electrons. The third kappa shape index (κ3) is 3.14. The topological polar surface area (TPSA) is 68.0 Å². The molecule has 1 aromatic rings. The molecule has 0 bridgehead atoms. The lowest BCUT2D eigenvalue weighted by Gasteiger charge is -2.06. The number of carbonyl (C=O) groups excluding carboxylic acids is 1. The van der Waals surface area contributed by atoms with E-state index >= 15 is 0 Å². The smallest absolute Gasteiger partial charge is 0.231 e. The van der Waals surface area contributed by atoms with Crippen LogP contribution in [0.15, 0.2) is 18.3 Å². The summed E-state index contributed by atoms with van der Waals surface area (Å²) in [4.78, 5) is 14.7. The molecule has 0 unspecified atom stereocenters. The molecule has 0 atom stereocenters. The van der Waals surface area contributed by atoms with Crippen LogP contribution in [0.25, 0.3) is 0 Å². The number of nitrogens with two attached hydrogens (primary N) is 1. The van der Waals surface area contributed by atoms with Gasteiger partial charge in [0.2, 0.25) is 5.91 Å². The molecular weight excluding hydrogens is 178 g/mol. The molecule has 1 rings (SSSR count). The lowest BCUT2D eigenvalue weighted by molar-refractivity contribution is -0.117. The fourth-order valence-corrected chi connectivity index (χ4v) is 1.26. The highest BCUT2D eigenvalue weighted by atomic mass is 16.1. The molecule has 3 N–H and O–H groups in total. The monoisotopic (exact) mass is 193 g/mol. The number of hydrogen-bond donors (Lipinski definition) is 2. The van der Waals surface area contributed by atoms with Gasteiger partial charge in [-0.05, 0) is 18.1 Å². The van der Waals surface area contributed by atoms with E-state index in [4.69, 9.17) is 5.73 Å². The second-order valence-electron chi connectivity index (χ2n) is 3.03. The van der Waals surface area contributed by atoms with Gasteiger partial charge in [0.05, 0.1) is 12.2 Å². The van der Waals surface area contributed by atoms with E-state index in [1.807, 2.05) is 12.1 Å². The summed E-state index contributed by atoms with van der Waals surface area (Å²) >= 11 is 0. The molecule has 0 aliphatic heterocycles. The minimum Gasteiger partial charge on any atom is -0.369 e. The third-order valence-electron chi connectivity index (χ3n) is 1.96. The first-order valence-electron chi connectivity index (χ1n) is 4.65. The van der Waals surface area contributed by atoms with Crippen molar-refractivity contribution in [2.45, 2.75) is 19.9 Å². The van der Waals surface area contributed by atoms with E-state index in [0.717, 1.165) is 12.1 Å². The summed E-state index contributed by atoms with van der Waals surface area (Å²) in [6, 6.07) is 3.95. The van der Waals surface area contributed by atoms with Gasteiger partial charge in [-0.1, -0.05) is 13.0 Å². The summed E-state index contributed by atoms with van der Waals surface area (Å²) in [5.74, 6) is -0.348. The zero-order valence-electron chi connectivity index (χ0n) is 8.29. The fourth-order valence-electron chi connectivity index (χ4n) is 1.26. The predicted octanol–water partition coefficient (Wildman–Crippen LogP) is 0.219. The molecule has 0 aliphatic rings. The van der Waals surface area contributed by atoms with Gasteiger partial charge in [0.1, 0.15) is 0 Å². The summed E-state index contributed by atoms with van der Waals surface area (Å²) < 4.78 is 0. The number of aryl methyl sites for hydroxylation is 1. The number of nitrogens with one attached hydrogen (secondary N) is 1. The highest BCUT2D eigenvalue weighted by Crippen LogP contribution is 2.04. The number of rotatable bonds is 5. The number of amides is 1. The molecule has 0 aliphatic carbocycles. The maximum Gasteiger partial charge on any atom is 0.231 e. The van der Waals surface area contributed by atoms with Crippen LogP contribution in [0.5, 0.6) is 0 Å². The Bertz CT molecular complexity index is 312. The maximum absolute atomic E-state index is 10.5. The van der Waals surface area contributed by atoms with Crippen molar-refractivity contribution in [3.63, 3.8) is 0 Å². The van der Waals surface area contributed by atoms with Crippen LogP contribution in [0.3, 0.4) is 0 Å². The first-order valence-corrected chi connectivity index (χ1v) is 4.65. The van der Waals surface area contributed by atoms with Crippen molar-refractivity contribution in [3.8, 4) is 0 Å². The largest absolute Gasteiger partial charge is 0.369 e. The standard InChI is InChI=1S/C10H15N3O/c1-2-8-4-3-5-13-9(8)6-12-7-10(11)14/h3-5,12H,2,6-7H2,1H3,(H2,11,14). The summed E-state index contributed by atoms with van der Waals surface area (Å²) in [6.07, 6.45) is 2.70. The van der Waals surface area contributed by atoms with E-state index in [1.165, 1.54) is 5.56 Å². The molecular formula is C10H15N3O. The van der Waals surface area contributed by atoms with Gasteiger partial charge in [-0.25, -0.2) is 0 Å². The van der Waals surface area contributed by atoms with E-state index in [1.54, 1.807) is 6.20 Å². The Labute approximate surface area is 83.5 Å². The average Bonchev–Trinajstić information content (AvgIpc) is 2.18. The van der Waals surface area contributed by atoms with Crippen molar-refractivity contribution in [2.24, 2.45) is 5.73 Å². The minimum atomic E-state index is -0.348. The van der Waals surface area contributed by atoms with Gasteiger partial charge in [0.25, 0.3) is 0 Å². The predicted molar refractivity (Wildman–Crippen MR) is 54.5 cm³/mol. The Morgan fingerprint density at radius 1 is 1.64 bits per heavy atom. The van der Waals surface area contributed by atoms with Crippen molar-refractivity contribution >= 4 is 5.91 Å². The Balaban J connectivity index is 2.53. The van der Waals surface area contributed by atoms with Crippen molar-refractivity contribution in [3.05, 3.63) is 29.6 Å². The van der Waals surface area contributed by atoms with Gasteiger partial charge in [-0.2, -0.15) is 0 Å². The van der Waals surface area contributed by atoms with Gasteiger partial charge in [0.15, 0.2) is 0 Å². The number of carbonyl (C=O) groups is 1. The molecule has 4 heteroatoms. The Morgan fingerprint density at radius 2 is 2.43 bits per heavy atom. The first-order chi connectivity index (χ1) is 6.74. The molecule has 1 amide bonds. The normalized spacial score (nSPS) is 10.1. The zero-order valence-corrected chi connectivity index (χ0v) is 8.29. The number of pyridine rings is 1. The van der Waals surface area contributed by atoms with E-state index in [9.17, 15) is 4.79 Å². The second-order valence-corrected chi connectivity index (χ2v) is 3.03. The van der Waals surface area contributed by atoms with Crippen molar-refractivity contribution in [1.29, 1.82) is 0 Å². The maximum atomic E-state index is 10.5. The van der Waals surface area contributed by atoms with Gasteiger partial charge in [-0.3, -0.25) is 9.78 Å². The lowest BCUT2D eigenvalue weighted by atomic mass is 10.1. The molecule has 1 heterocycles. The Hall–Kier alpha value is -1.42. The second kappa shape index (κ2) is 5.34. The van der Waals surface area contributed by atoms with E-state index < -0.39 is 0 Å². The minimum absolute atomic E-state index is 0.194. The molecule has 0 saturated heterocycles.